The highest BCUT2D eigenvalue weighted by Gasteiger charge is 2.39. The third-order valence-electron chi connectivity index (χ3n) is 5.33. The van der Waals surface area contributed by atoms with Crippen LogP contribution in [0.5, 0.6) is 0 Å². The molecule has 2 unspecified atom stereocenters. The lowest BCUT2D eigenvalue weighted by Crippen LogP contribution is -2.51. The van der Waals surface area contributed by atoms with E-state index in [9.17, 15) is 32.9 Å². The number of carbonyl (C=O) groups excluding carboxylic acids is 2. The van der Waals surface area contributed by atoms with Gasteiger partial charge in [0.1, 0.15) is 5.69 Å². The summed E-state index contributed by atoms with van der Waals surface area (Å²) < 4.78 is 38.5. The average Bonchev–Trinajstić information content (AvgIpc) is 3.41. The zero-order chi connectivity index (χ0) is 21.3. The minimum absolute atomic E-state index is 0.0279. The molecule has 1 saturated carbocycles. The summed E-state index contributed by atoms with van der Waals surface area (Å²) in [6, 6.07) is 2.44. The summed E-state index contributed by atoms with van der Waals surface area (Å²) in [5.74, 6) is -0.0777. The molecule has 2 atom stereocenters. The topological polar surface area (TPSA) is 95.8 Å². The van der Waals surface area contributed by atoms with Gasteiger partial charge in [-0.3, -0.25) is 19.7 Å². The number of nitro groups is 1. The van der Waals surface area contributed by atoms with Crippen LogP contribution in [0.1, 0.15) is 18.9 Å². The van der Waals surface area contributed by atoms with Crippen molar-refractivity contribution in [2.24, 2.45) is 11.8 Å². The second-order valence-corrected chi connectivity index (χ2v) is 7.36. The summed E-state index contributed by atoms with van der Waals surface area (Å²) in [5, 5.41) is 13.9. The number of anilines is 1. The molecular weight excluding hydrogens is 393 g/mol. The van der Waals surface area contributed by atoms with Crippen LogP contribution in [0.3, 0.4) is 0 Å². The van der Waals surface area contributed by atoms with Crippen molar-refractivity contribution in [3.05, 3.63) is 33.9 Å². The Morgan fingerprint density at radius 3 is 2.38 bits per heavy atom. The molecule has 11 heteroatoms. The fourth-order valence-electron chi connectivity index (χ4n) is 3.40. The van der Waals surface area contributed by atoms with E-state index >= 15 is 0 Å². The molecule has 0 spiro atoms. The Labute approximate surface area is 164 Å². The average molecular weight is 414 g/mol. The molecule has 2 fully saturated rings. The molecule has 2 amide bonds. The zero-order valence-electron chi connectivity index (χ0n) is 15.7. The van der Waals surface area contributed by atoms with E-state index in [2.05, 4.69) is 5.32 Å². The smallest absolute Gasteiger partial charge is 0.362 e. The van der Waals surface area contributed by atoms with E-state index in [1.807, 2.05) is 6.92 Å². The predicted molar refractivity (Wildman–Crippen MR) is 97.2 cm³/mol. The van der Waals surface area contributed by atoms with Gasteiger partial charge in [0.25, 0.3) is 5.69 Å². The largest absolute Gasteiger partial charge is 0.416 e. The molecule has 29 heavy (non-hydrogen) atoms. The molecule has 1 aliphatic heterocycles. The van der Waals surface area contributed by atoms with Crippen LogP contribution in [0.15, 0.2) is 18.2 Å². The second kappa shape index (κ2) is 7.88. The lowest BCUT2D eigenvalue weighted by molar-refractivity contribution is -0.384. The van der Waals surface area contributed by atoms with Crippen LogP contribution in [0.4, 0.5) is 24.5 Å². The summed E-state index contributed by atoms with van der Waals surface area (Å²) in [5.41, 5.74) is -1.61. The molecule has 0 aromatic heterocycles. The standard InChI is InChI=1S/C18H21F3N4O4/c1-11-8-13(11)17(27)22-10-16(26)24-6-4-23(5-7-24)14-3-2-12(18(19,20)21)9-15(14)25(28)29/h2-3,9,11,13H,4-8,10H2,1H3,(H,22,27). The Hall–Kier alpha value is -2.85. The van der Waals surface area contributed by atoms with Gasteiger partial charge in [-0.2, -0.15) is 13.2 Å². The molecule has 1 saturated heterocycles. The number of halogens is 3. The van der Waals surface area contributed by atoms with E-state index in [0.717, 1.165) is 18.6 Å². The Balaban J connectivity index is 1.59. The first-order chi connectivity index (χ1) is 13.6. The van der Waals surface area contributed by atoms with Crippen LogP contribution < -0.4 is 10.2 Å². The highest BCUT2D eigenvalue weighted by Crippen LogP contribution is 2.38. The molecule has 0 radical (unpaired) electrons. The van der Waals surface area contributed by atoms with Crippen LogP contribution in [-0.2, 0) is 15.8 Å². The number of amides is 2. The first-order valence-corrected chi connectivity index (χ1v) is 9.24. The van der Waals surface area contributed by atoms with Crippen LogP contribution in [0.25, 0.3) is 0 Å². The fraction of sp³-hybridized carbons (Fsp3) is 0.556. The van der Waals surface area contributed by atoms with Crippen molar-refractivity contribution in [1.82, 2.24) is 10.2 Å². The van der Waals surface area contributed by atoms with Crippen LogP contribution in [-0.4, -0.2) is 54.4 Å². The van der Waals surface area contributed by atoms with E-state index in [4.69, 9.17) is 0 Å². The molecule has 2 aliphatic rings. The number of carbonyl (C=O) groups is 2. The predicted octanol–water partition coefficient (Wildman–Crippen LogP) is 2.03. The zero-order valence-corrected chi connectivity index (χ0v) is 15.7. The number of alkyl halides is 3. The van der Waals surface area contributed by atoms with E-state index in [0.29, 0.717) is 12.0 Å². The highest BCUT2D eigenvalue weighted by atomic mass is 19.4. The van der Waals surface area contributed by atoms with Gasteiger partial charge >= 0.3 is 6.18 Å². The van der Waals surface area contributed by atoms with Gasteiger partial charge in [-0.15, -0.1) is 0 Å². The van der Waals surface area contributed by atoms with Crippen molar-refractivity contribution < 1.29 is 27.7 Å². The number of nitro benzene ring substituents is 1. The fourth-order valence-corrected chi connectivity index (χ4v) is 3.40. The number of piperazine rings is 1. The van der Waals surface area contributed by atoms with E-state index in [-0.39, 0.29) is 56.1 Å². The van der Waals surface area contributed by atoms with E-state index < -0.39 is 22.4 Å². The molecule has 1 aliphatic carbocycles. The minimum Gasteiger partial charge on any atom is -0.362 e. The van der Waals surface area contributed by atoms with Crippen molar-refractivity contribution in [3.8, 4) is 0 Å². The minimum atomic E-state index is -4.67. The molecule has 0 bridgehead atoms. The number of hydrogen-bond donors (Lipinski definition) is 1. The first kappa shape index (κ1) is 20.9. The SMILES string of the molecule is CC1CC1C(=O)NCC(=O)N1CCN(c2ccc(C(F)(F)F)cc2[N+](=O)[O-])CC1. The molecule has 1 N–H and O–H groups in total. The number of hydrogen-bond acceptors (Lipinski definition) is 5. The summed E-state index contributed by atoms with van der Waals surface area (Å²) in [7, 11) is 0. The summed E-state index contributed by atoms with van der Waals surface area (Å²) in [6.07, 6.45) is -3.85. The van der Waals surface area contributed by atoms with Gasteiger partial charge in [0.2, 0.25) is 11.8 Å². The van der Waals surface area contributed by atoms with Crippen molar-refractivity contribution in [2.75, 3.05) is 37.6 Å². The van der Waals surface area contributed by atoms with Gasteiger partial charge in [0, 0.05) is 38.2 Å². The van der Waals surface area contributed by atoms with E-state index in [1.54, 1.807) is 4.90 Å². The van der Waals surface area contributed by atoms with Crippen LogP contribution >= 0.6 is 0 Å². The lowest BCUT2D eigenvalue weighted by Gasteiger charge is -2.36. The summed E-state index contributed by atoms with van der Waals surface area (Å²) >= 11 is 0. The second-order valence-electron chi connectivity index (χ2n) is 7.36. The monoisotopic (exact) mass is 414 g/mol. The maximum Gasteiger partial charge on any atom is 0.416 e. The van der Waals surface area contributed by atoms with Gasteiger partial charge in [-0.05, 0) is 24.5 Å². The molecule has 1 aromatic rings. The molecule has 1 heterocycles. The molecule has 8 nitrogen and oxygen atoms in total. The van der Waals surface area contributed by atoms with Crippen molar-refractivity contribution >= 4 is 23.2 Å². The van der Waals surface area contributed by atoms with Gasteiger partial charge in [0.05, 0.1) is 17.0 Å². The lowest BCUT2D eigenvalue weighted by atomic mass is 10.1. The van der Waals surface area contributed by atoms with E-state index in [1.165, 1.54) is 4.90 Å². The quantitative estimate of drug-likeness (QED) is 0.588. The number of nitrogens with one attached hydrogen (secondary N) is 1. The number of benzene rings is 1. The number of rotatable bonds is 5. The van der Waals surface area contributed by atoms with Crippen LogP contribution in [0.2, 0.25) is 0 Å². The van der Waals surface area contributed by atoms with Crippen LogP contribution in [0, 0.1) is 22.0 Å². The normalized spacial score (nSPS) is 21.7. The Morgan fingerprint density at radius 2 is 1.86 bits per heavy atom. The van der Waals surface area contributed by atoms with Crippen molar-refractivity contribution in [2.45, 2.75) is 19.5 Å². The molecular formula is C18H21F3N4O4. The van der Waals surface area contributed by atoms with Gasteiger partial charge in [0.15, 0.2) is 0 Å². The Morgan fingerprint density at radius 1 is 1.24 bits per heavy atom. The van der Waals surface area contributed by atoms with Crippen molar-refractivity contribution in [3.63, 3.8) is 0 Å². The van der Waals surface area contributed by atoms with Crippen molar-refractivity contribution in [1.29, 1.82) is 0 Å². The summed E-state index contributed by atoms with van der Waals surface area (Å²) in [6.45, 7) is 2.85. The number of nitrogens with zero attached hydrogens (tertiary/aromatic N) is 3. The summed E-state index contributed by atoms with van der Waals surface area (Å²) in [4.78, 5) is 37.6. The first-order valence-electron chi connectivity index (χ1n) is 9.24. The maximum absolute atomic E-state index is 12.8. The Bertz CT molecular complexity index is 822. The third-order valence-corrected chi connectivity index (χ3v) is 5.33. The molecule has 1 aromatic carbocycles. The molecule has 3 rings (SSSR count). The van der Waals surface area contributed by atoms with Gasteiger partial charge in [-0.25, -0.2) is 0 Å². The maximum atomic E-state index is 12.8. The highest BCUT2D eigenvalue weighted by molar-refractivity contribution is 5.87. The molecule has 158 valence electrons. The van der Waals surface area contributed by atoms with Gasteiger partial charge in [-0.1, -0.05) is 6.92 Å². The van der Waals surface area contributed by atoms with Gasteiger partial charge < -0.3 is 15.1 Å². The third kappa shape index (κ3) is 4.77. The Kier molecular flexibility index (Phi) is 5.67.